The van der Waals surface area contributed by atoms with Crippen LogP contribution in [0.3, 0.4) is 0 Å². The van der Waals surface area contributed by atoms with E-state index in [1.165, 1.54) is 23.9 Å². The van der Waals surface area contributed by atoms with Gasteiger partial charge in [-0.3, -0.25) is 4.79 Å². The second-order valence-electron chi connectivity index (χ2n) is 2.97. The lowest BCUT2D eigenvalue weighted by atomic mass is 10.3. The van der Waals surface area contributed by atoms with E-state index in [2.05, 4.69) is 0 Å². The van der Waals surface area contributed by atoms with E-state index in [0.29, 0.717) is 6.61 Å². The van der Waals surface area contributed by atoms with Crippen LogP contribution in [0, 0.1) is 5.82 Å². The molecule has 1 rings (SSSR count). The molecule has 0 aromatic heterocycles. The molecule has 0 aliphatic rings. The van der Waals surface area contributed by atoms with Crippen LogP contribution in [-0.4, -0.2) is 17.8 Å². The molecule has 0 fully saturated rings. The Bertz CT molecular complexity index is 324. The average molecular weight is 228 g/mol. The molecule has 15 heavy (non-hydrogen) atoms. The molecule has 0 unspecified atom stereocenters. The lowest BCUT2D eigenvalue weighted by Crippen LogP contribution is -2.16. The molecule has 2 nitrogen and oxygen atoms in total. The van der Waals surface area contributed by atoms with Crippen LogP contribution < -0.4 is 0 Å². The van der Waals surface area contributed by atoms with Crippen molar-refractivity contribution in [1.29, 1.82) is 0 Å². The number of esters is 1. The fourth-order valence-electron chi connectivity index (χ4n) is 1.03. The SMILES string of the molecule is CCOC(=O)[C@@H](C)Sc1ccc(F)cc1. The average Bonchev–Trinajstić information content (AvgIpc) is 2.22. The topological polar surface area (TPSA) is 26.3 Å². The van der Waals surface area contributed by atoms with E-state index in [1.54, 1.807) is 26.0 Å². The number of carbonyl (C=O) groups is 1. The molecule has 0 radical (unpaired) electrons. The number of thioether (sulfide) groups is 1. The Kier molecular flexibility index (Phi) is 4.62. The van der Waals surface area contributed by atoms with E-state index in [-0.39, 0.29) is 17.0 Å². The van der Waals surface area contributed by atoms with Crippen LogP contribution in [0.5, 0.6) is 0 Å². The van der Waals surface area contributed by atoms with E-state index < -0.39 is 0 Å². The summed E-state index contributed by atoms with van der Waals surface area (Å²) in [5.41, 5.74) is 0. The van der Waals surface area contributed by atoms with Gasteiger partial charge in [-0.1, -0.05) is 0 Å². The summed E-state index contributed by atoms with van der Waals surface area (Å²) in [6.07, 6.45) is 0. The molecule has 0 saturated heterocycles. The van der Waals surface area contributed by atoms with Gasteiger partial charge in [-0.25, -0.2) is 4.39 Å². The predicted octanol–water partition coefficient (Wildman–Crippen LogP) is 2.87. The van der Waals surface area contributed by atoms with Crippen molar-refractivity contribution >= 4 is 17.7 Å². The number of hydrogen-bond acceptors (Lipinski definition) is 3. The van der Waals surface area contributed by atoms with Crippen molar-refractivity contribution in [3.05, 3.63) is 30.1 Å². The third-order valence-corrected chi connectivity index (χ3v) is 2.84. The molecule has 0 aliphatic carbocycles. The van der Waals surface area contributed by atoms with Gasteiger partial charge in [0.15, 0.2) is 0 Å². The number of hydrogen-bond donors (Lipinski definition) is 0. The summed E-state index contributed by atoms with van der Waals surface area (Å²) in [5.74, 6) is -0.519. The Balaban J connectivity index is 2.54. The van der Waals surface area contributed by atoms with Crippen molar-refractivity contribution in [3.8, 4) is 0 Å². The molecule has 82 valence electrons. The Morgan fingerprint density at radius 2 is 2.07 bits per heavy atom. The highest BCUT2D eigenvalue weighted by Crippen LogP contribution is 2.23. The molecule has 0 spiro atoms. The van der Waals surface area contributed by atoms with Crippen molar-refractivity contribution < 1.29 is 13.9 Å². The maximum Gasteiger partial charge on any atom is 0.319 e. The fourth-order valence-corrected chi connectivity index (χ4v) is 1.89. The summed E-state index contributed by atoms with van der Waals surface area (Å²) in [4.78, 5) is 12.2. The van der Waals surface area contributed by atoms with E-state index in [4.69, 9.17) is 4.74 Å². The normalized spacial score (nSPS) is 12.2. The van der Waals surface area contributed by atoms with E-state index in [9.17, 15) is 9.18 Å². The van der Waals surface area contributed by atoms with Gasteiger partial charge in [-0.15, -0.1) is 11.8 Å². The zero-order valence-electron chi connectivity index (χ0n) is 8.70. The van der Waals surface area contributed by atoms with Crippen LogP contribution in [0.1, 0.15) is 13.8 Å². The first kappa shape index (κ1) is 12.0. The van der Waals surface area contributed by atoms with Crippen LogP contribution >= 0.6 is 11.8 Å². The highest BCUT2D eigenvalue weighted by Gasteiger charge is 2.14. The molecule has 1 atom stereocenters. The summed E-state index contributed by atoms with van der Waals surface area (Å²) >= 11 is 1.36. The second-order valence-corrected chi connectivity index (χ2v) is 4.38. The van der Waals surface area contributed by atoms with Crippen LogP contribution in [0.2, 0.25) is 0 Å². The summed E-state index contributed by atoms with van der Waals surface area (Å²) in [5, 5.41) is -0.268. The van der Waals surface area contributed by atoms with Gasteiger partial charge in [-0.2, -0.15) is 0 Å². The first-order valence-corrected chi connectivity index (χ1v) is 5.60. The van der Waals surface area contributed by atoms with E-state index in [1.807, 2.05) is 0 Å². The van der Waals surface area contributed by atoms with E-state index in [0.717, 1.165) is 4.90 Å². The van der Waals surface area contributed by atoms with E-state index >= 15 is 0 Å². The Labute approximate surface area is 92.8 Å². The second kappa shape index (κ2) is 5.75. The summed E-state index contributed by atoms with van der Waals surface area (Å²) < 4.78 is 17.5. The van der Waals surface area contributed by atoms with Crippen LogP contribution in [0.15, 0.2) is 29.2 Å². The Morgan fingerprint density at radius 3 is 2.60 bits per heavy atom. The number of ether oxygens (including phenoxy) is 1. The molecule has 0 saturated carbocycles. The minimum atomic E-state index is -0.275. The third kappa shape index (κ3) is 3.91. The number of halogens is 1. The van der Waals surface area contributed by atoms with Crippen molar-refractivity contribution in [1.82, 2.24) is 0 Å². The van der Waals surface area contributed by atoms with Crippen molar-refractivity contribution in [2.24, 2.45) is 0 Å². The van der Waals surface area contributed by atoms with Gasteiger partial charge < -0.3 is 4.74 Å². The Hall–Kier alpha value is -1.03. The highest BCUT2D eigenvalue weighted by atomic mass is 32.2. The predicted molar refractivity (Wildman–Crippen MR) is 58.4 cm³/mol. The summed E-state index contributed by atoms with van der Waals surface area (Å²) in [7, 11) is 0. The number of carbonyl (C=O) groups excluding carboxylic acids is 1. The van der Waals surface area contributed by atoms with Gasteiger partial charge in [0.1, 0.15) is 11.1 Å². The zero-order chi connectivity index (χ0) is 11.3. The largest absolute Gasteiger partial charge is 0.465 e. The molecular weight excluding hydrogens is 215 g/mol. The number of benzene rings is 1. The fraction of sp³-hybridized carbons (Fsp3) is 0.364. The number of rotatable bonds is 4. The van der Waals surface area contributed by atoms with Crippen molar-refractivity contribution in [3.63, 3.8) is 0 Å². The lowest BCUT2D eigenvalue weighted by Gasteiger charge is -2.09. The molecule has 0 N–H and O–H groups in total. The van der Waals surface area contributed by atoms with Gasteiger partial charge in [0.2, 0.25) is 0 Å². The van der Waals surface area contributed by atoms with Crippen LogP contribution in [0.25, 0.3) is 0 Å². The maximum atomic E-state index is 12.6. The molecule has 1 aromatic rings. The summed E-state index contributed by atoms with van der Waals surface area (Å²) in [6, 6.07) is 6.05. The van der Waals surface area contributed by atoms with Crippen molar-refractivity contribution in [2.45, 2.75) is 24.0 Å². The summed E-state index contributed by atoms with van der Waals surface area (Å²) in [6.45, 7) is 3.92. The Morgan fingerprint density at radius 1 is 1.47 bits per heavy atom. The molecular formula is C11H13FO2S. The molecule has 4 heteroatoms. The van der Waals surface area contributed by atoms with Crippen LogP contribution in [0.4, 0.5) is 4.39 Å². The van der Waals surface area contributed by atoms with Gasteiger partial charge >= 0.3 is 5.97 Å². The smallest absolute Gasteiger partial charge is 0.319 e. The first-order valence-electron chi connectivity index (χ1n) is 4.72. The standard InChI is InChI=1S/C11H13FO2S/c1-3-14-11(13)8(2)15-10-6-4-9(12)5-7-10/h4-8H,3H2,1-2H3/t8-/m1/s1. The minimum absolute atomic E-state index is 0.244. The third-order valence-electron chi connectivity index (χ3n) is 1.75. The maximum absolute atomic E-state index is 12.6. The van der Waals surface area contributed by atoms with Crippen molar-refractivity contribution in [2.75, 3.05) is 6.61 Å². The van der Waals surface area contributed by atoms with Gasteiger partial charge in [0.25, 0.3) is 0 Å². The highest BCUT2D eigenvalue weighted by molar-refractivity contribution is 8.00. The molecule has 1 aromatic carbocycles. The molecule has 0 bridgehead atoms. The monoisotopic (exact) mass is 228 g/mol. The molecule has 0 aliphatic heterocycles. The molecule has 0 amide bonds. The van der Waals surface area contributed by atoms with Gasteiger partial charge in [0, 0.05) is 4.90 Å². The minimum Gasteiger partial charge on any atom is -0.465 e. The first-order chi connectivity index (χ1) is 7.13. The quantitative estimate of drug-likeness (QED) is 0.585. The van der Waals surface area contributed by atoms with Gasteiger partial charge in [-0.05, 0) is 38.1 Å². The van der Waals surface area contributed by atoms with Crippen LogP contribution in [-0.2, 0) is 9.53 Å². The molecule has 0 heterocycles. The lowest BCUT2D eigenvalue weighted by molar-refractivity contribution is -0.142. The van der Waals surface area contributed by atoms with Gasteiger partial charge in [0.05, 0.1) is 6.61 Å². The zero-order valence-corrected chi connectivity index (χ0v) is 9.51.